The highest BCUT2D eigenvalue weighted by Crippen LogP contribution is 2.45. The number of amides is 7. The summed E-state index contributed by atoms with van der Waals surface area (Å²) in [6.07, 6.45) is 11.6. The van der Waals surface area contributed by atoms with Gasteiger partial charge in [-0.25, -0.2) is 4.79 Å². The van der Waals surface area contributed by atoms with Crippen molar-refractivity contribution in [1.29, 1.82) is 0 Å². The van der Waals surface area contributed by atoms with Crippen molar-refractivity contribution in [2.75, 3.05) is 13.1 Å². The van der Waals surface area contributed by atoms with E-state index in [0.29, 0.717) is 31.8 Å². The molecular weight excluding hydrogens is 905 g/mol. The third-order valence-electron chi connectivity index (χ3n) is 15.2. The maximum atomic E-state index is 13.9. The topological polar surface area (TPSA) is 324 Å². The number of nitrogens with zero attached hydrogens (tertiary/aromatic N) is 2. The van der Waals surface area contributed by atoms with E-state index in [-0.39, 0.29) is 47.3 Å². The Hall–Kier alpha value is -5.14. The van der Waals surface area contributed by atoms with Crippen LogP contribution in [0.4, 0.5) is 4.79 Å². The van der Waals surface area contributed by atoms with Gasteiger partial charge in [0.05, 0.1) is 18.1 Å². The molecule has 9 N–H and O–H groups in total. The summed E-state index contributed by atoms with van der Waals surface area (Å²) in [5.41, 5.74) is 14.9. The number of hydrogen-bond donors (Lipinski definition) is 6. The molecule has 2 heterocycles. The molecule has 4 aliphatic carbocycles. The predicted octanol–water partition coefficient (Wildman–Crippen LogP) is 1.36. The van der Waals surface area contributed by atoms with Crippen LogP contribution in [0.2, 0.25) is 0 Å². The summed E-state index contributed by atoms with van der Waals surface area (Å²) >= 11 is 0. The Morgan fingerprint density at radius 1 is 0.600 bits per heavy atom. The minimum absolute atomic E-state index is 0.0425. The van der Waals surface area contributed by atoms with Crippen LogP contribution in [0.3, 0.4) is 0 Å². The lowest BCUT2D eigenvalue weighted by atomic mass is 9.80. The van der Waals surface area contributed by atoms with Gasteiger partial charge in [-0.05, 0) is 106 Å². The van der Waals surface area contributed by atoms with Gasteiger partial charge in [-0.1, -0.05) is 92.9 Å². The van der Waals surface area contributed by atoms with Crippen LogP contribution in [0, 0.1) is 46.3 Å². The van der Waals surface area contributed by atoms with Gasteiger partial charge >= 0.3 is 6.09 Å². The minimum atomic E-state index is -1.07. The van der Waals surface area contributed by atoms with E-state index in [9.17, 15) is 43.2 Å². The molecule has 10 atom stereocenters. The Morgan fingerprint density at radius 2 is 0.971 bits per heavy atom. The van der Waals surface area contributed by atoms with Gasteiger partial charge in [-0.2, -0.15) is 0 Å². The summed E-state index contributed by atoms with van der Waals surface area (Å²) in [5, 5.41) is 16.6. The lowest BCUT2D eigenvalue weighted by molar-refractivity contribution is -0.283. The number of likely N-dealkylation sites (tertiary alicyclic amines) is 2. The fourth-order valence-electron chi connectivity index (χ4n) is 11.0. The molecule has 394 valence electrons. The van der Waals surface area contributed by atoms with Gasteiger partial charge in [0, 0.05) is 19.6 Å². The molecule has 2 unspecified atom stereocenters. The molecule has 0 spiro atoms. The van der Waals surface area contributed by atoms with E-state index >= 15 is 0 Å². The van der Waals surface area contributed by atoms with Crippen LogP contribution in [0.5, 0.6) is 0 Å². The average Bonchev–Trinajstić information content (AvgIpc) is 4.01. The molecule has 0 radical (unpaired) electrons. The molecule has 2 aliphatic heterocycles. The van der Waals surface area contributed by atoms with Crippen LogP contribution < -0.4 is 38.3 Å². The molecule has 2 saturated heterocycles. The highest BCUT2D eigenvalue weighted by molar-refractivity contribution is 6.38. The number of ketones is 2. The van der Waals surface area contributed by atoms with Gasteiger partial charge in [0.15, 0.2) is 0 Å². The van der Waals surface area contributed by atoms with Crippen LogP contribution in [0.15, 0.2) is 0 Å². The molecule has 6 rings (SSSR count). The number of rotatable bonds is 15. The van der Waals surface area contributed by atoms with Crippen LogP contribution in [0.1, 0.15) is 152 Å². The second-order valence-corrected chi connectivity index (χ2v) is 23.6. The summed E-state index contributed by atoms with van der Waals surface area (Å²) < 4.78 is 5.40. The zero-order valence-corrected chi connectivity index (χ0v) is 42.8. The number of carboxylic acid groups (broad SMARTS) is 1. The van der Waals surface area contributed by atoms with E-state index in [1.54, 1.807) is 30.6 Å². The molecule has 0 aromatic carbocycles. The maximum Gasteiger partial charge on any atom is 0.408 e. The molecule has 0 bridgehead atoms. The summed E-state index contributed by atoms with van der Waals surface area (Å²) in [4.78, 5) is 126. The highest BCUT2D eigenvalue weighted by atomic mass is 16.6. The second kappa shape index (κ2) is 23.8. The Morgan fingerprint density at radius 3 is 1.29 bits per heavy atom. The fraction of sp³-hybridized carbons (Fsp3) is 0.800. The SMILES string of the molecule is CC(C)(C)OC(=O)N[C@H](C(=O)N1C[C@@H]2CCC[C@@H]2[C@H]1C(=O)NC(CC1CCC1)C(=O)C(N)=O)C(C)(C)C.CC(C)(C)[C@H](N)C(=O)N1C[C@@H]2CCC[C@@H]2[C@H]1C(=O)NC(CC1CCC1)C(=O)C(N)=O.O=C[O-]. The van der Waals surface area contributed by atoms with Crippen molar-refractivity contribution in [1.82, 2.24) is 25.8 Å². The smallest absolute Gasteiger partial charge is 0.408 e. The van der Waals surface area contributed by atoms with E-state index in [4.69, 9.17) is 31.8 Å². The Balaban J connectivity index is 0.000000294. The van der Waals surface area contributed by atoms with Gasteiger partial charge in [0.1, 0.15) is 23.7 Å². The standard InChI is InChI=1S/C27H44N4O6.C22H36N4O4.CH2O2/c1-26(2,3)21(30-25(36)37-27(4,5)6)24(35)31-14-16-11-8-12-17(16)19(31)23(34)29-18(20(32)22(28)33)13-15-9-7-10-15;1-22(2,3)18(23)21(30)26-11-13-8-5-9-14(13)16(26)20(29)25-15(17(27)19(24)28)10-12-6-4-7-12;2-1-3/h15-19,21H,7-14H2,1-6H3,(H2,28,33)(H,29,34)(H,30,36);12-16,18H,4-11,23H2,1-3H3,(H2,24,28)(H,25,29);1H,(H,2,3)/p-1/t16-,17-,18?,19-,21+;13-,14-,15?,16-,18+;/m00./s1. The number of nitrogens with two attached hydrogens (primary N) is 3. The summed E-state index contributed by atoms with van der Waals surface area (Å²) in [5.74, 6) is -4.03. The number of carbonyl (C=O) groups excluding carboxylic acids is 10. The van der Waals surface area contributed by atoms with Crippen molar-refractivity contribution >= 4 is 59.6 Å². The molecule has 0 aromatic rings. The number of alkyl carbamates (subject to hydrolysis) is 1. The van der Waals surface area contributed by atoms with Crippen molar-refractivity contribution in [3.05, 3.63) is 0 Å². The average molecular weight is 986 g/mol. The summed E-state index contributed by atoms with van der Waals surface area (Å²) in [7, 11) is 0. The summed E-state index contributed by atoms with van der Waals surface area (Å²) in [6, 6.07) is -4.99. The van der Waals surface area contributed by atoms with E-state index in [1.807, 2.05) is 41.5 Å². The number of primary amides is 2. The fourth-order valence-corrected chi connectivity index (χ4v) is 11.0. The van der Waals surface area contributed by atoms with Crippen molar-refractivity contribution in [3.63, 3.8) is 0 Å². The van der Waals surface area contributed by atoms with Crippen LogP contribution in [-0.2, 0) is 47.9 Å². The quantitative estimate of drug-likeness (QED) is 0.0999. The number of hydrogen-bond acceptors (Lipinski definition) is 13. The predicted molar refractivity (Wildman–Crippen MR) is 255 cm³/mol. The van der Waals surface area contributed by atoms with Gasteiger partial charge in [0.25, 0.3) is 11.8 Å². The number of Topliss-reactive ketones (excluding diaryl/α,β-unsaturated/α-hetero) is 2. The van der Waals surface area contributed by atoms with Gasteiger partial charge < -0.3 is 57.6 Å². The van der Waals surface area contributed by atoms with Gasteiger partial charge in [-0.15, -0.1) is 0 Å². The largest absolute Gasteiger partial charge is 0.554 e. The third kappa shape index (κ3) is 14.7. The molecule has 20 nitrogen and oxygen atoms in total. The minimum Gasteiger partial charge on any atom is -0.554 e. The van der Waals surface area contributed by atoms with Crippen LogP contribution >= 0.6 is 0 Å². The Labute approximate surface area is 412 Å². The number of nitrogens with one attached hydrogen (secondary N) is 3. The van der Waals surface area contributed by atoms with Crippen molar-refractivity contribution in [3.8, 4) is 0 Å². The van der Waals surface area contributed by atoms with Gasteiger partial charge in [0.2, 0.25) is 35.2 Å². The highest BCUT2D eigenvalue weighted by Gasteiger charge is 2.54. The second-order valence-electron chi connectivity index (χ2n) is 23.6. The van der Waals surface area contributed by atoms with Crippen molar-refractivity contribution in [2.24, 2.45) is 63.5 Å². The Bertz CT molecular complexity index is 1950. The summed E-state index contributed by atoms with van der Waals surface area (Å²) in [6.45, 7) is 16.9. The molecule has 20 heteroatoms. The maximum absolute atomic E-state index is 13.9. The zero-order chi connectivity index (χ0) is 52.6. The number of ether oxygens (including phenoxy) is 1. The molecule has 7 amide bonds. The molecule has 0 aromatic heterocycles. The number of carbonyl (C=O) groups is 10. The third-order valence-corrected chi connectivity index (χ3v) is 15.2. The normalized spacial score (nSPS) is 25.8. The molecule has 6 fully saturated rings. The first-order chi connectivity index (χ1) is 32.5. The van der Waals surface area contributed by atoms with E-state index in [2.05, 4.69) is 16.0 Å². The molecule has 4 saturated carbocycles. The van der Waals surface area contributed by atoms with Crippen LogP contribution in [0.25, 0.3) is 0 Å². The number of fused-ring (bicyclic) bond motifs is 2. The van der Waals surface area contributed by atoms with Gasteiger partial charge in [-0.3, -0.25) is 38.4 Å². The monoisotopic (exact) mass is 986 g/mol. The van der Waals surface area contributed by atoms with Crippen molar-refractivity contribution < 1.29 is 57.8 Å². The first-order valence-electron chi connectivity index (χ1n) is 25.2. The first kappa shape index (κ1) is 57.4. The Kier molecular flexibility index (Phi) is 19.6. The zero-order valence-electron chi connectivity index (χ0n) is 42.8. The van der Waals surface area contributed by atoms with Crippen molar-refractivity contribution in [2.45, 2.75) is 194 Å². The lowest BCUT2D eigenvalue weighted by Gasteiger charge is -2.37. The molecule has 6 aliphatic rings. The first-order valence-corrected chi connectivity index (χ1v) is 25.2. The van der Waals surface area contributed by atoms with Crippen LogP contribution in [-0.4, -0.2) is 124 Å². The molecule has 70 heavy (non-hydrogen) atoms. The molecular formula is C50H81N8O12-. The lowest BCUT2D eigenvalue weighted by Crippen LogP contribution is -2.60. The van der Waals surface area contributed by atoms with E-state index < -0.39 is 94.5 Å². The van der Waals surface area contributed by atoms with E-state index in [1.165, 1.54) is 0 Å². The van der Waals surface area contributed by atoms with E-state index in [0.717, 1.165) is 77.0 Å².